The van der Waals surface area contributed by atoms with Crippen LogP contribution < -0.4 is 10.6 Å². The lowest BCUT2D eigenvalue weighted by molar-refractivity contribution is -0.410. The Labute approximate surface area is 87.7 Å². The van der Waals surface area contributed by atoms with Gasteiger partial charge < -0.3 is 5.32 Å². The van der Waals surface area contributed by atoms with Gasteiger partial charge in [0.2, 0.25) is 0 Å². The molecule has 0 aromatic carbocycles. The average Bonchev–Trinajstić information content (AvgIpc) is 2.71. The lowest BCUT2D eigenvalue weighted by Crippen LogP contribution is -2.22. The van der Waals surface area contributed by atoms with Gasteiger partial charge in [0, 0.05) is 17.4 Å². The van der Waals surface area contributed by atoms with Crippen LogP contribution in [0, 0.1) is 10.1 Å². The van der Waals surface area contributed by atoms with Crippen LogP contribution in [0.3, 0.4) is 0 Å². The molecular formula is C7H5N3O4S. The standard InChI is InChI=1S/C7H5N3O4S/c11-6-5(8-7(12)9-6)3-1-2-4(15-3)10(13)14/h2H,1H2,(H2,8,9,11,12). The minimum atomic E-state index is -0.599. The molecule has 2 rings (SSSR count). The lowest BCUT2D eigenvalue weighted by Gasteiger charge is -1.98. The van der Waals surface area contributed by atoms with E-state index in [-0.39, 0.29) is 10.7 Å². The maximum atomic E-state index is 11.2. The molecule has 1 fully saturated rings. The molecule has 0 aliphatic carbocycles. The van der Waals surface area contributed by atoms with Crippen molar-refractivity contribution in [1.82, 2.24) is 10.6 Å². The Balaban J connectivity index is 2.22. The van der Waals surface area contributed by atoms with Crippen LogP contribution in [0.15, 0.2) is 21.7 Å². The number of hydrogen-bond acceptors (Lipinski definition) is 5. The molecule has 2 aliphatic heterocycles. The van der Waals surface area contributed by atoms with Gasteiger partial charge in [0.15, 0.2) is 0 Å². The zero-order valence-corrected chi connectivity index (χ0v) is 8.09. The summed E-state index contributed by atoms with van der Waals surface area (Å²) >= 11 is 0.888. The first-order valence-electron chi connectivity index (χ1n) is 3.96. The molecule has 8 heteroatoms. The second-order valence-corrected chi connectivity index (χ2v) is 3.93. The predicted molar refractivity (Wildman–Crippen MR) is 51.0 cm³/mol. The van der Waals surface area contributed by atoms with Crippen LogP contribution in [-0.2, 0) is 4.79 Å². The lowest BCUT2D eigenvalue weighted by atomic mass is 10.3. The van der Waals surface area contributed by atoms with Crippen LogP contribution in [0.5, 0.6) is 0 Å². The molecule has 0 radical (unpaired) electrons. The summed E-state index contributed by atoms with van der Waals surface area (Å²) in [5, 5.41) is 14.7. The van der Waals surface area contributed by atoms with E-state index in [0.717, 1.165) is 11.8 Å². The quantitative estimate of drug-likeness (QED) is 0.290. The van der Waals surface area contributed by atoms with E-state index in [1.807, 2.05) is 5.32 Å². The van der Waals surface area contributed by atoms with E-state index >= 15 is 0 Å². The molecule has 2 N–H and O–H groups in total. The zero-order chi connectivity index (χ0) is 11.0. The molecule has 3 amide bonds. The molecule has 7 nitrogen and oxygen atoms in total. The van der Waals surface area contributed by atoms with Gasteiger partial charge in [0.25, 0.3) is 5.91 Å². The van der Waals surface area contributed by atoms with Crippen molar-refractivity contribution < 1.29 is 14.5 Å². The van der Waals surface area contributed by atoms with Crippen molar-refractivity contribution in [3.63, 3.8) is 0 Å². The van der Waals surface area contributed by atoms with Crippen molar-refractivity contribution in [2.24, 2.45) is 0 Å². The number of nitrogens with one attached hydrogen (secondary N) is 2. The molecule has 1 saturated heterocycles. The number of rotatable bonds is 1. The van der Waals surface area contributed by atoms with E-state index in [1.165, 1.54) is 6.08 Å². The number of nitrogens with zero attached hydrogens (tertiary/aromatic N) is 1. The highest BCUT2D eigenvalue weighted by Crippen LogP contribution is 2.37. The number of carbonyl (C=O) groups excluding carboxylic acids is 2. The molecule has 0 aromatic rings. The number of urea groups is 1. The van der Waals surface area contributed by atoms with Crippen LogP contribution >= 0.6 is 11.8 Å². The van der Waals surface area contributed by atoms with E-state index in [9.17, 15) is 19.7 Å². The second kappa shape index (κ2) is 3.39. The predicted octanol–water partition coefficient (Wildman–Crippen LogP) is 0.292. The van der Waals surface area contributed by atoms with Crippen molar-refractivity contribution in [1.29, 1.82) is 0 Å². The number of carbonyl (C=O) groups is 2. The van der Waals surface area contributed by atoms with Gasteiger partial charge in [0.05, 0.1) is 4.92 Å². The number of hydrogen-bond donors (Lipinski definition) is 2. The maximum absolute atomic E-state index is 11.2. The van der Waals surface area contributed by atoms with Crippen molar-refractivity contribution >= 4 is 23.7 Å². The summed E-state index contributed by atoms with van der Waals surface area (Å²) in [5.41, 5.74) is 0.109. The Kier molecular flexibility index (Phi) is 2.19. The second-order valence-electron chi connectivity index (χ2n) is 2.81. The van der Waals surface area contributed by atoms with Crippen LogP contribution in [0.2, 0.25) is 0 Å². The number of thioether (sulfide) groups is 1. The fraction of sp³-hybridized carbons (Fsp3) is 0.143. The summed E-state index contributed by atoms with van der Waals surface area (Å²) in [6, 6.07) is -0.599. The van der Waals surface area contributed by atoms with Crippen LogP contribution in [-0.4, -0.2) is 16.9 Å². The van der Waals surface area contributed by atoms with E-state index < -0.39 is 16.9 Å². The molecule has 0 unspecified atom stereocenters. The zero-order valence-electron chi connectivity index (χ0n) is 7.27. The Morgan fingerprint density at radius 1 is 1.40 bits per heavy atom. The van der Waals surface area contributed by atoms with Gasteiger partial charge in [-0.2, -0.15) is 0 Å². The van der Waals surface area contributed by atoms with Gasteiger partial charge in [-0.3, -0.25) is 20.2 Å². The van der Waals surface area contributed by atoms with Gasteiger partial charge in [-0.25, -0.2) is 4.79 Å². The minimum Gasteiger partial charge on any atom is -0.302 e. The summed E-state index contributed by atoms with van der Waals surface area (Å²) < 4.78 is 0. The van der Waals surface area contributed by atoms with Crippen molar-refractivity contribution in [2.45, 2.75) is 6.42 Å². The Hall–Kier alpha value is -1.83. The monoisotopic (exact) mass is 227 g/mol. The Morgan fingerprint density at radius 2 is 2.13 bits per heavy atom. The first kappa shape index (κ1) is 9.71. The van der Waals surface area contributed by atoms with E-state index in [4.69, 9.17) is 0 Å². The van der Waals surface area contributed by atoms with E-state index in [2.05, 4.69) is 5.32 Å². The number of amides is 3. The van der Waals surface area contributed by atoms with Crippen LogP contribution in [0.25, 0.3) is 0 Å². The molecule has 0 saturated carbocycles. The summed E-state index contributed by atoms with van der Waals surface area (Å²) in [6.07, 6.45) is 1.70. The van der Waals surface area contributed by atoms with E-state index in [0.29, 0.717) is 11.3 Å². The summed E-state index contributed by atoms with van der Waals surface area (Å²) in [5.74, 6) is -0.541. The largest absolute Gasteiger partial charge is 0.326 e. The topological polar surface area (TPSA) is 101 Å². The summed E-state index contributed by atoms with van der Waals surface area (Å²) in [6.45, 7) is 0. The number of imide groups is 1. The van der Waals surface area contributed by atoms with Crippen molar-refractivity contribution in [3.05, 3.63) is 31.8 Å². The van der Waals surface area contributed by atoms with Gasteiger partial charge in [-0.15, -0.1) is 0 Å². The number of nitro groups is 1. The molecule has 78 valence electrons. The van der Waals surface area contributed by atoms with Crippen LogP contribution in [0.4, 0.5) is 4.79 Å². The molecule has 2 aliphatic rings. The third kappa shape index (κ3) is 1.71. The number of allylic oxidation sites excluding steroid dienone is 2. The fourth-order valence-corrected chi connectivity index (χ4v) is 2.12. The Morgan fingerprint density at radius 3 is 2.60 bits per heavy atom. The SMILES string of the molecule is O=C1NC(=O)C(=C2CC=C([N+](=O)[O-])S2)N1. The van der Waals surface area contributed by atoms with Crippen molar-refractivity contribution in [2.75, 3.05) is 0 Å². The van der Waals surface area contributed by atoms with E-state index in [1.54, 1.807) is 0 Å². The molecule has 0 aromatic heterocycles. The summed E-state index contributed by atoms with van der Waals surface area (Å²) in [7, 11) is 0. The molecule has 0 bridgehead atoms. The minimum absolute atomic E-state index is 0.0218. The Bertz CT molecular complexity index is 440. The first-order chi connectivity index (χ1) is 7.08. The molecule has 0 spiro atoms. The first-order valence-corrected chi connectivity index (χ1v) is 4.77. The molecular weight excluding hydrogens is 222 g/mol. The highest BCUT2D eigenvalue weighted by molar-refractivity contribution is 8.06. The van der Waals surface area contributed by atoms with Gasteiger partial charge in [-0.1, -0.05) is 0 Å². The summed E-state index contributed by atoms with van der Waals surface area (Å²) in [4.78, 5) is 32.4. The van der Waals surface area contributed by atoms with Crippen LogP contribution in [0.1, 0.15) is 6.42 Å². The van der Waals surface area contributed by atoms with Gasteiger partial charge in [0.1, 0.15) is 5.70 Å². The smallest absolute Gasteiger partial charge is 0.302 e. The highest BCUT2D eigenvalue weighted by Gasteiger charge is 2.31. The fourth-order valence-electron chi connectivity index (χ4n) is 1.22. The molecule has 0 atom stereocenters. The average molecular weight is 227 g/mol. The third-order valence-electron chi connectivity index (χ3n) is 1.84. The normalized spacial score (nSPS) is 24.9. The van der Waals surface area contributed by atoms with Crippen molar-refractivity contribution in [3.8, 4) is 0 Å². The molecule has 15 heavy (non-hydrogen) atoms. The van der Waals surface area contributed by atoms with Gasteiger partial charge in [-0.05, 0) is 11.8 Å². The third-order valence-corrected chi connectivity index (χ3v) is 2.98. The highest BCUT2D eigenvalue weighted by atomic mass is 32.2. The molecule has 2 heterocycles. The maximum Gasteiger partial charge on any atom is 0.326 e. The van der Waals surface area contributed by atoms with Gasteiger partial charge >= 0.3 is 11.1 Å².